The van der Waals surface area contributed by atoms with Crippen LogP contribution in [0.25, 0.3) is 0 Å². The van der Waals surface area contributed by atoms with Crippen molar-refractivity contribution in [3.8, 4) is 0 Å². The average molecular weight is 625 g/mol. The van der Waals surface area contributed by atoms with Gasteiger partial charge in [-0.1, -0.05) is 41.9 Å². The molecule has 0 radical (unpaired) electrons. The predicted octanol–water partition coefficient (Wildman–Crippen LogP) is 5.55. The summed E-state index contributed by atoms with van der Waals surface area (Å²) in [6.07, 6.45) is -2.36. The van der Waals surface area contributed by atoms with E-state index in [1.165, 1.54) is 0 Å². The second-order valence-electron chi connectivity index (χ2n) is 12.9. The van der Waals surface area contributed by atoms with Crippen LogP contribution in [0.1, 0.15) is 52.5 Å². The lowest BCUT2D eigenvalue weighted by atomic mass is 9.44. The van der Waals surface area contributed by atoms with E-state index in [2.05, 4.69) is 10.6 Å². The number of nitrogens with zero attached hydrogens (tertiary/aromatic N) is 2. The maximum atomic E-state index is 13.9. The number of alkyl halides is 3. The second kappa shape index (κ2) is 10.5. The molecule has 3 unspecified atom stereocenters. The normalized spacial score (nSPS) is 26.9. The molecule has 2 aromatic carbocycles. The largest absolute Gasteiger partial charge is 0.395 e. The van der Waals surface area contributed by atoms with E-state index in [-0.39, 0.29) is 23.4 Å². The summed E-state index contributed by atoms with van der Waals surface area (Å²) < 4.78 is 69.5. The number of amidine groups is 1. The summed E-state index contributed by atoms with van der Waals surface area (Å²) >= 11 is 6.07. The average Bonchev–Trinajstić information content (AvgIpc) is 3.23. The van der Waals surface area contributed by atoms with Crippen molar-refractivity contribution < 1.29 is 26.4 Å². The van der Waals surface area contributed by atoms with E-state index in [1.54, 1.807) is 60.6 Å². The number of benzene rings is 2. The molecule has 42 heavy (non-hydrogen) atoms. The van der Waals surface area contributed by atoms with Crippen molar-refractivity contribution in [3.05, 3.63) is 65.2 Å². The van der Waals surface area contributed by atoms with Gasteiger partial charge in [-0.05, 0) is 82.7 Å². The highest BCUT2D eigenvalue weighted by atomic mass is 35.5. The monoisotopic (exact) mass is 624 g/mol. The first kappa shape index (κ1) is 30.8. The van der Waals surface area contributed by atoms with E-state index in [0.29, 0.717) is 17.3 Å². The first-order chi connectivity index (χ1) is 19.5. The zero-order chi connectivity index (χ0) is 30.7. The molecule has 0 spiro atoms. The summed E-state index contributed by atoms with van der Waals surface area (Å²) in [5.41, 5.74) is -2.56. The Hall–Kier alpha value is -2.63. The topological polar surface area (TPSA) is 90.9 Å². The first-order valence-corrected chi connectivity index (χ1v) is 15.8. The van der Waals surface area contributed by atoms with Gasteiger partial charge in [0.1, 0.15) is 11.9 Å². The van der Waals surface area contributed by atoms with Gasteiger partial charge in [-0.2, -0.15) is 17.5 Å². The van der Waals surface area contributed by atoms with E-state index < -0.39 is 51.1 Å². The van der Waals surface area contributed by atoms with Crippen molar-refractivity contribution in [2.75, 3.05) is 6.54 Å². The van der Waals surface area contributed by atoms with Crippen molar-refractivity contribution in [1.82, 2.24) is 14.9 Å². The van der Waals surface area contributed by atoms with Crippen LogP contribution in [0.4, 0.5) is 13.2 Å². The minimum atomic E-state index is -4.46. The van der Waals surface area contributed by atoms with Gasteiger partial charge < -0.3 is 10.6 Å². The smallest absolute Gasteiger partial charge is 0.360 e. The molecule has 2 saturated carbocycles. The zero-order valence-corrected chi connectivity index (χ0v) is 25.6. The number of aliphatic imine (C=N–C) groups is 1. The number of amides is 1. The number of fused-ring (bicyclic) bond motifs is 1. The van der Waals surface area contributed by atoms with Gasteiger partial charge in [0.15, 0.2) is 0 Å². The van der Waals surface area contributed by atoms with Crippen LogP contribution in [0.5, 0.6) is 0 Å². The van der Waals surface area contributed by atoms with E-state index >= 15 is 0 Å². The molecule has 228 valence electrons. The summed E-state index contributed by atoms with van der Waals surface area (Å²) in [7, 11) is -3.84. The Kier molecular flexibility index (Phi) is 7.72. The molecule has 0 aromatic heterocycles. The Balaban J connectivity index is 1.35. The molecular formula is C30H36ClF3N4O3S. The standard InChI is InChI=1S/C30H36ClF3N4O3S/c1-27(2,30(32,33)34)18-35-25(39)24-28(3,4)37-26(36-24)29-15-14-22(29)23(16-29)38(17-19-10-12-20(31)13-11-19)42(40,41)21-8-6-5-7-9-21/h5-13,22-24H,14-18H2,1-4H3,(H,35,39)(H,36,37)/t22?,23?,24-,29?/m0/s1. The van der Waals surface area contributed by atoms with Gasteiger partial charge in [0.2, 0.25) is 15.9 Å². The van der Waals surface area contributed by atoms with E-state index in [4.69, 9.17) is 16.6 Å². The van der Waals surface area contributed by atoms with E-state index in [1.807, 2.05) is 12.1 Å². The second-order valence-corrected chi connectivity index (χ2v) is 15.2. The third kappa shape index (κ3) is 5.32. The maximum Gasteiger partial charge on any atom is 0.395 e. The van der Waals surface area contributed by atoms with Gasteiger partial charge in [-0.25, -0.2) is 8.42 Å². The zero-order valence-electron chi connectivity index (χ0n) is 24.0. The quantitative estimate of drug-likeness (QED) is 0.383. The number of nitrogens with one attached hydrogen (secondary N) is 2. The minimum Gasteiger partial charge on any atom is -0.360 e. The molecule has 5 rings (SSSR count). The van der Waals surface area contributed by atoms with Crippen LogP contribution in [0.15, 0.2) is 64.5 Å². The number of sulfonamides is 1. The summed E-state index contributed by atoms with van der Waals surface area (Å²) in [6.45, 7) is 5.28. The van der Waals surface area contributed by atoms with Gasteiger partial charge in [0, 0.05) is 29.6 Å². The summed E-state index contributed by atoms with van der Waals surface area (Å²) in [5.74, 6) is 0.0744. The molecular weight excluding hydrogens is 589 g/mol. The van der Waals surface area contributed by atoms with Crippen LogP contribution in [0.2, 0.25) is 5.02 Å². The maximum absolute atomic E-state index is 13.9. The molecule has 7 nitrogen and oxygen atoms in total. The molecule has 4 atom stereocenters. The fraction of sp³-hybridized carbons (Fsp3) is 0.533. The van der Waals surface area contributed by atoms with Gasteiger partial charge in [0.25, 0.3) is 0 Å². The summed E-state index contributed by atoms with van der Waals surface area (Å²) in [6, 6.07) is 14.3. The number of hydrogen-bond donors (Lipinski definition) is 2. The molecule has 1 heterocycles. The molecule has 2 aromatic rings. The molecule has 3 aliphatic rings. The fourth-order valence-corrected chi connectivity index (χ4v) is 8.04. The van der Waals surface area contributed by atoms with Gasteiger partial charge >= 0.3 is 6.18 Å². The first-order valence-electron chi connectivity index (χ1n) is 14.0. The van der Waals surface area contributed by atoms with Crippen molar-refractivity contribution in [1.29, 1.82) is 0 Å². The third-order valence-electron chi connectivity index (χ3n) is 9.21. The SMILES string of the molecule is CC1(C)N=C(C23CCC2C(N(Cc2ccc(Cl)cc2)S(=O)(=O)c2ccccc2)C3)N[C@H]1C(=O)NCC(C)(C)C(F)(F)F. The van der Waals surface area contributed by atoms with E-state index in [0.717, 1.165) is 32.3 Å². The highest BCUT2D eigenvalue weighted by Crippen LogP contribution is 2.64. The number of carbonyl (C=O) groups is 1. The number of carbonyl (C=O) groups excluding carboxylic acids is 1. The molecule has 1 amide bonds. The lowest BCUT2D eigenvalue weighted by Gasteiger charge is -2.65. The number of hydrogen-bond acceptors (Lipinski definition) is 5. The Bertz CT molecular complexity index is 1480. The van der Waals surface area contributed by atoms with Crippen molar-refractivity contribution in [2.24, 2.45) is 21.7 Å². The summed E-state index contributed by atoms with van der Waals surface area (Å²) in [5, 5.41) is 6.27. The fourth-order valence-electron chi connectivity index (χ4n) is 6.25. The molecule has 12 heteroatoms. The van der Waals surface area contributed by atoms with Crippen molar-refractivity contribution in [3.63, 3.8) is 0 Å². The van der Waals surface area contributed by atoms with Crippen LogP contribution in [0.3, 0.4) is 0 Å². The molecule has 2 aliphatic carbocycles. The molecule has 2 N–H and O–H groups in total. The van der Waals surface area contributed by atoms with Crippen LogP contribution < -0.4 is 10.6 Å². The lowest BCUT2D eigenvalue weighted by molar-refractivity contribution is -0.209. The van der Waals surface area contributed by atoms with Crippen molar-refractivity contribution >= 4 is 33.4 Å². The highest BCUT2D eigenvalue weighted by Gasteiger charge is 2.67. The molecule has 0 saturated heterocycles. The number of rotatable bonds is 9. The van der Waals surface area contributed by atoms with Crippen LogP contribution in [-0.4, -0.2) is 54.8 Å². The van der Waals surface area contributed by atoms with Crippen LogP contribution in [0, 0.1) is 16.7 Å². The lowest BCUT2D eigenvalue weighted by Crippen LogP contribution is -2.70. The Morgan fingerprint density at radius 1 is 1.12 bits per heavy atom. The molecule has 1 aliphatic heterocycles. The summed E-state index contributed by atoms with van der Waals surface area (Å²) in [4.78, 5) is 18.2. The van der Waals surface area contributed by atoms with Crippen LogP contribution in [-0.2, 0) is 21.4 Å². The third-order valence-corrected chi connectivity index (χ3v) is 11.4. The highest BCUT2D eigenvalue weighted by molar-refractivity contribution is 7.89. The van der Waals surface area contributed by atoms with Crippen molar-refractivity contribution in [2.45, 2.75) is 82.2 Å². The van der Waals surface area contributed by atoms with Crippen LogP contribution >= 0.6 is 11.6 Å². The Morgan fingerprint density at radius 3 is 2.31 bits per heavy atom. The van der Waals surface area contributed by atoms with Gasteiger partial charge in [-0.15, -0.1) is 0 Å². The Morgan fingerprint density at radius 2 is 1.76 bits per heavy atom. The van der Waals surface area contributed by atoms with Gasteiger partial charge in [-0.3, -0.25) is 9.79 Å². The number of halogens is 4. The van der Waals surface area contributed by atoms with E-state index in [9.17, 15) is 26.4 Å². The Labute approximate surface area is 250 Å². The molecule has 2 fully saturated rings. The predicted molar refractivity (Wildman–Crippen MR) is 155 cm³/mol. The molecule has 0 bridgehead atoms. The minimum absolute atomic E-state index is 0.0173. The van der Waals surface area contributed by atoms with Gasteiger partial charge in [0.05, 0.1) is 15.8 Å².